The molecular weight excluding hydrogens is 906 g/mol. The van der Waals surface area contributed by atoms with E-state index < -0.39 is 125 Å². The fourth-order valence-electron chi connectivity index (χ4n) is 6.84. The van der Waals surface area contributed by atoms with E-state index in [-0.39, 0.29) is 63.7 Å². The lowest BCUT2D eigenvalue weighted by Gasteiger charge is -2.27. The van der Waals surface area contributed by atoms with Crippen molar-refractivity contribution in [3.63, 3.8) is 0 Å². The highest BCUT2D eigenvalue weighted by Gasteiger charge is 2.22. The summed E-state index contributed by atoms with van der Waals surface area (Å²) in [7, 11) is 0. The minimum absolute atomic E-state index is 0.0686. The van der Waals surface area contributed by atoms with Crippen LogP contribution < -0.4 is 10.6 Å². The van der Waals surface area contributed by atoms with Crippen LogP contribution in [-0.4, -0.2) is 253 Å². The van der Waals surface area contributed by atoms with Gasteiger partial charge in [-0.2, -0.15) is 0 Å². The number of amides is 2. The quantitative estimate of drug-likeness (QED) is 0.0283. The number of anilines is 2. The third-order valence-corrected chi connectivity index (χ3v) is 9.72. The number of carboxylic acid groups (broad SMARTS) is 8. The maximum Gasteiger partial charge on any atom is 0.317 e. The Bertz CT molecular complexity index is 2150. The molecule has 3 rings (SSSR count). The van der Waals surface area contributed by atoms with Crippen molar-refractivity contribution in [1.29, 1.82) is 0 Å². The van der Waals surface area contributed by atoms with Gasteiger partial charge in [0, 0.05) is 74.5 Å². The summed E-state index contributed by atoms with van der Waals surface area (Å²) in [4.78, 5) is 130. The normalized spacial score (nSPS) is 11.5. The molecule has 0 radical (unpaired) electrons. The Kier molecular flexibility index (Phi) is 22.0. The molecule has 0 unspecified atom stereocenters. The molecule has 0 aliphatic rings. The van der Waals surface area contributed by atoms with Gasteiger partial charge in [-0.25, -0.2) is 4.98 Å². The third kappa shape index (κ3) is 21.7. The fraction of sp³-hybridized carbons (Fsp3) is 0.439. The number of benzene rings is 2. The van der Waals surface area contributed by atoms with Gasteiger partial charge >= 0.3 is 47.8 Å². The van der Waals surface area contributed by atoms with Crippen LogP contribution in [0.5, 0.6) is 0 Å². The van der Waals surface area contributed by atoms with Crippen LogP contribution in [0.3, 0.4) is 0 Å². The van der Waals surface area contributed by atoms with Crippen molar-refractivity contribution in [3.8, 4) is 0 Å². The number of nitrogens with one attached hydrogen (secondary N) is 2. The number of rotatable bonds is 34. The summed E-state index contributed by atoms with van der Waals surface area (Å²) in [5, 5.41) is 81.0. The lowest BCUT2D eigenvalue weighted by Crippen LogP contribution is -2.46. The summed E-state index contributed by atoms with van der Waals surface area (Å²) >= 11 is 0. The smallest absolute Gasteiger partial charge is 0.317 e. The molecule has 0 aliphatic carbocycles. The van der Waals surface area contributed by atoms with Gasteiger partial charge in [0.15, 0.2) is 0 Å². The number of carbonyl (C=O) groups is 10. The molecule has 1 aromatic heterocycles. The van der Waals surface area contributed by atoms with Crippen LogP contribution in [0.2, 0.25) is 0 Å². The maximum absolute atomic E-state index is 13.2. The predicted octanol–water partition coefficient (Wildman–Crippen LogP) is -2.25. The van der Waals surface area contributed by atoms with Gasteiger partial charge in [0.25, 0.3) is 0 Å². The molecule has 0 aliphatic heterocycles. The Morgan fingerprint density at radius 3 is 0.838 bits per heavy atom. The highest BCUT2D eigenvalue weighted by molar-refractivity contribution is 6.00. The number of aromatic nitrogens is 1. The number of nitrogens with zero attached hydrogens (tertiary/aromatic N) is 7. The molecule has 10 N–H and O–H groups in total. The Labute approximate surface area is 386 Å². The second-order valence-corrected chi connectivity index (χ2v) is 15.4. The zero-order valence-electron chi connectivity index (χ0n) is 36.6. The minimum atomic E-state index is -1.29. The van der Waals surface area contributed by atoms with E-state index in [0.717, 1.165) is 9.80 Å². The molecule has 2 amide bonds. The summed E-state index contributed by atoms with van der Waals surface area (Å²) in [6.07, 6.45) is 0. The van der Waals surface area contributed by atoms with Crippen LogP contribution in [0.1, 0.15) is 0 Å². The number of carbonyl (C=O) groups excluding carboxylic acids is 2. The number of carboxylic acids is 8. The van der Waals surface area contributed by atoms with Crippen molar-refractivity contribution >= 4 is 92.7 Å². The highest BCUT2D eigenvalue weighted by atomic mass is 16.4. The first-order valence-electron chi connectivity index (χ1n) is 20.6. The monoisotopic (exact) mass is 959 g/mol. The highest BCUT2D eigenvalue weighted by Crippen LogP contribution is 2.25. The van der Waals surface area contributed by atoms with Gasteiger partial charge in [0.1, 0.15) is 0 Å². The average Bonchev–Trinajstić information content (AvgIpc) is 3.20. The van der Waals surface area contributed by atoms with Gasteiger partial charge in [-0.3, -0.25) is 77.3 Å². The SMILES string of the molecule is O=C(O)CN(CCN(CC(=O)O)CC(=O)O)CCN(CC(=O)O)CC(=O)Nc1ccc2cc3ccc(NC(=O)CN(CCN(CCN(CC(=O)O)CC(=O)O)CC(=O)O)CC(=O)O)cc3nc2c1. The number of hydrogen-bond donors (Lipinski definition) is 10. The topological polar surface area (TPSA) is 389 Å². The van der Waals surface area contributed by atoms with Crippen molar-refractivity contribution in [2.45, 2.75) is 0 Å². The molecule has 0 atom stereocenters. The first kappa shape index (κ1) is 54.9. The van der Waals surface area contributed by atoms with Gasteiger partial charge in [0.2, 0.25) is 11.8 Å². The molecular formula is C41H53N9O18. The van der Waals surface area contributed by atoms with Crippen LogP contribution in [0.25, 0.3) is 21.8 Å². The summed E-state index contributed by atoms with van der Waals surface area (Å²) in [5.41, 5.74) is 1.41. The first-order chi connectivity index (χ1) is 32.0. The van der Waals surface area contributed by atoms with E-state index in [2.05, 4.69) is 15.6 Å². The summed E-state index contributed by atoms with van der Waals surface area (Å²) in [6.45, 7) is -6.31. The van der Waals surface area contributed by atoms with Crippen molar-refractivity contribution in [2.24, 2.45) is 0 Å². The molecule has 0 spiro atoms. The Morgan fingerprint density at radius 1 is 0.338 bits per heavy atom. The lowest BCUT2D eigenvalue weighted by atomic mass is 10.1. The molecule has 0 bridgehead atoms. The minimum Gasteiger partial charge on any atom is -0.480 e. The maximum atomic E-state index is 13.2. The summed E-state index contributed by atoms with van der Waals surface area (Å²) in [6, 6.07) is 11.5. The number of pyridine rings is 1. The molecule has 68 heavy (non-hydrogen) atoms. The molecule has 370 valence electrons. The van der Waals surface area contributed by atoms with Gasteiger partial charge in [-0.05, 0) is 30.3 Å². The second-order valence-electron chi connectivity index (χ2n) is 15.4. The number of fused-ring (bicyclic) bond motifs is 2. The zero-order chi connectivity index (χ0) is 50.5. The molecule has 2 aromatic carbocycles. The third-order valence-electron chi connectivity index (χ3n) is 9.72. The Morgan fingerprint density at radius 2 is 0.574 bits per heavy atom. The number of aliphatic carboxylic acids is 8. The zero-order valence-corrected chi connectivity index (χ0v) is 36.6. The standard InChI is InChI=1S/C41H53N9O18/c51-32(16-47(20-36(57)58)9-5-45(18-34(53)54)7-11-49(22-38(61)62)23-39(63)64)42-28-3-1-26-13-27-2-4-29(15-31(27)44-30(26)14-28)43-33(52)17-48(21-37(59)60)10-6-46(19-35(55)56)8-12-50(24-40(65)66)25-41(67)68/h1-4,13-15H,5-12,16-25H2,(H,42,51)(H,43,52)(H,53,54)(H,55,56)(H,57,58)(H,59,60)(H,61,62)(H,63,64)(H,65,66)(H,67,68). The molecule has 27 heteroatoms. The molecule has 1 heterocycles. The van der Waals surface area contributed by atoms with E-state index in [1.165, 1.54) is 19.6 Å². The van der Waals surface area contributed by atoms with E-state index in [1.807, 2.05) is 0 Å². The molecule has 0 saturated heterocycles. The largest absolute Gasteiger partial charge is 0.480 e. The Balaban J connectivity index is 1.69. The van der Waals surface area contributed by atoms with Gasteiger partial charge in [0.05, 0.1) is 76.5 Å². The van der Waals surface area contributed by atoms with Crippen LogP contribution in [-0.2, 0) is 47.9 Å². The van der Waals surface area contributed by atoms with E-state index in [0.29, 0.717) is 21.8 Å². The lowest BCUT2D eigenvalue weighted by molar-refractivity contribution is -0.144. The Hall–Kier alpha value is -7.43. The van der Waals surface area contributed by atoms with Crippen LogP contribution in [0.4, 0.5) is 11.4 Å². The van der Waals surface area contributed by atoms with Gasteiger partial charge in [-0.15, -0.1) is 0 Å². The van der Waals surface area contributed by atoms with Crippen LogP contribution in [0.15, 0.2) is 42.5 Å². The van der Waals surface area contributed by atoms with E-state index in [9.17, 15) is 68.4 Å². The van der Waals surface area contributed by atoms with Crippen molar-refractivity contribution in [1.82, 2.24) is 34.4 Å². The molecule has 0 fully saturated rings. The molecule has 3 aromatic rings. The van der Waals surface area contributed by atoms with Crippen molar-refractivity contribution < 1.29 is 88.8 Å². The molecule has 0 saturated carbocycles. The van der Waals surface area contributed by atoms with Gasteiger partial charge in [-0.1, -0.05) is 12.1 Å². The van der Waals surface area contributed by atoms with Crippen molar-refractivity contribution in [3.05, 3.63) is 42.5 Å². The number of hydrogen-bond acceptors (Lipinski definition) is 17. The van der Waals surface area contributed by atoms with Gasteiger partial charge < -0.3 is 51.5 Å². The summed E-state index contributed by atoms with van der Waals surface area (Å²) < 4.78 is 0. The summed E-state index contributed by atoms with van der Waals surface area (Å²) in [5.74, 6) is -11.4. The first-order valence-corrected chi connectivity index (χ1v) is 20.6. The van der Waals surface area contributed by atoms with E-state index in [4.69, 9.17) is 20.4 Å². The second kappa shape index (κ2) is 27.3. The van der Waals surface area contributed by atoms with E-state index in [1.54, 1.807) is 42.5 Å². The molecule has 27 nitrogen and oxygen atoms in total. The van der Waals surface area contributed by atoms with E-state index >= 15 is 0 Å². The van der Waals surface area contributed by atoms with Crippen LogP contribution in [0, 0.1) is 0 Å². The van der Waals surface area contributed by atoms with Crippen molar-refractivity contribution in [2.75, 3.05) is 128 Å². The fourth-order valence-corrected chi connectivity index (χ4v) is 6.84. The average molecular weight is 960 g/mol. The predicted molar refractivity (Wildman–Crippen MR) is 236 cm³/mol. The van der Waals surface area contributed by atoms with Crippen LogP contribution >= 0.6 is 0 Å².